The van der Waals surface area contributed by atoms with Gasteiger partial charge in [-0.3, -0.25) is 0 Å². The zero-order chi connectivity index (χ0) is 12.5. The van der Waals surface area contributed by atoms with Gasteiger partial charge < -0.3 is 19.7 Å². The minimum atomic E-state index is -0.205. The van der Waals surface area contributed by atoms with Gasteiger partial charge >= 0.3 is 5.69 Å². The smallest absolute Gasteiger partial charge is 0.323 e. The molecule has 0 bridgehead atoms. The number of hydrogen-bond acceptors (Lipinski definition) is 3. The number of benzene rings is 1. The molecule has 3 aromatic rings. The number of hydrogen-bond donors (Lipinski definition) is 3. The van der Waals surface area contributed by atoms with Crippen molar-refractivity contribution in [2.45, 2.75) is 6.54 Å². The maximum absolute atomic E-state index is 11.2. The van der Waals surface area contributed by atoms with Crippen molar-refractivity contribution in [2.75, 3.05) is 5.32 Å². The van der Waals surface area contributed by atoms with Crippen LogP contribution in [0.1, 0.15) is 5.56 Å². The summed E-state index contributed by atoms with van der Waals surface area (Å²) in [5.41, 5.74) is 3.33. The third kappa shape index (κ3) is 2.06. The van der Waals surface area contributed by atoms with Gasteiger partial charge in [0.25, 0.3) is 0 Å². The van der Waals surface area contributed by atoms with Gasteiger partial charge in [-0.25, -0.2) is 4.79 Å². The minimum Gasteiger partial charge on any atom is -0.472 e. The highest BCUT2D eigenvalue weighted by molar-refractivity contribution is 9.10. The first-order valence-corrected chi connectivity index (χ1v) is 6.18. The van der Waals surface area contributed by atoms with E-state index in [1.165, 1.54) is 0 Å². The van der Waals surface area contributed by atoms with Crippen LogP contribution >= 0.6 is 15.9 Å². The molecular formula is C12H10BrN3O2. The van der Waals surface area contributed by atoms with Crippen molar-refractivity contribution in [3.8, 4) is 0 Å². The Kier molecular flexibility index (Phi) is 2.71. The summed E-state index contributed by atoms with van der Waals surface area (Å²) in [5.74, 6) is 0. The molecule has 3 N–H and O–H groups in total. The number of imidazole rings is 1. The quantitative estimate of drug-likeness (QED) is 0.696. The number of anilines is 1. The highest BCUT2D eigenvalue weighted by Crippen LogP contribution is 2.26. The van der Waals surface area contributed by atoms with E-state index in [0.29, 0.717) is 6.54 Å². The first kappa shape index (κ1) is 11.2. The van der Waals surface area contributed by atoms with Gasteiger partial charge in [-0.1, -0.05) is 0 Å². The molecule has 0 unspecified atom stereocenters. The molecule has 92 valence electrons. The van der Waals surface area contributed by atoms with Gasteiger partial charge in [0.2, 0.25) is 0 Å². The van der Waals surface area contributed by atoms with E-state index in [4.69, 9.17) is 4.42 Å². The Morgan fingerprint density at radius 1 is 1.28 bits per heavy atom. The van der Waals surface area contributed by atoms with E-state index in [0.717, 1.165) is 26.8 Å². The van der Waals surface area contributed by atoms with Crippen LogP contribution in [0.3, 0.4) is 0 Å². The van der Waals surface area contributed by atoms with E-state index >= 15 is 0 Å². The normalized spacial score (nSPS) is 10.9. The van der Waals surface area contributed by atoms with Crippen LogP contribution in [0.25, 0.3) is 11.0 Å². The SMILES string of the molecule is O=c1[nH]c2cc(Br)c(NCc3ccoc3)cc2[nH]1. The topological polar surface area (TPSA) is 73.8 Å². The number of nitrogens with one attached hydrogen (secondary N) is 3. The lowest BCUT2D eigenvalue weighted by atomic mass is 10.2. The van der Waals surface area contributed by atoms with Crippen molar-refractivity contribution in [2.24, 2.45) is 0 Å². The van der Waals surface area contributed by atoms with E-state index < -0.39 is 0 Å². The lowest BCUT2D eigenvalue weighted by Gasteiger charge is -2.07. The Hall–Kier alpha value is -1.95. The van der Waals surface area contributed by atoms with Gasteiger partial charge in [-0.15, -0.1) is 0 Å². The van der Waals surface area contributed by atoms with Crippen LogP contribution < -0.4 is 11.0 Å². The first-order valence-electron chi connectivity index (χ1n) is 5.39. The Morgan fingerprint density at radius 2 is 2.06 bits per heavy atom. The highest BCUT2D eigenvalue weighted by atomic mass is 79.9. The molecule has 3 rings (SSSR count). The summed E-state index contributed by atoms with van der Waals surface area (Å²) >= 11 is 3.47. The predicted molar refractivity (Wildman–Crippen MR) is 72.7 cm³/mol. The summed E-state index contributed by atoms with van der Waals surface area (Å²) in [5, 5.41) is 3.27. The highest BCUT2D eigenvalue weighted by Gasteiger charge is 2.05. The van der Waals surface area contributed by atoms with Crippen LogP contribution in [0.4, 0.5) is 5.69 Å². The zero-order valence-electron chi connectivity index (χ0n) is 9.29. The summed E-state index contributed by atoms with van der Waals surface area (Å²) in [4.78, 5) is 16.6. The predicted octanol–water partition coefficient (Wildman–Crippen LogP) is 2.82. The molecule has 0 fully saturated rings. The Bertz CT molecular complexity index is 727. The average Bonchev–Trinajstić information content (AvgIpc) is 2.94. The summed E-state index contributed by atoms with van der Waals surface area (Å²) in [6.07, 6.45) is 3.33. The van der Waals surface area contributed by atoms with Crippen molar-refractivity contribution in [1.82, 2.24) is 9.97 Å². The Labute approximate surface area is 110 Å². The fraction of sp³-hybridized carbons (Fsp3) is 0.0833. The van der Waals surface area contributed by atoms with E-state index in [9.17, 15) is 4.79 Å². The van der Waals surface area contributed by atoms with Gasteiger partial charge in [0.05, 0.1) is 29.2 Å². The Balaban J connectivity index is 1.91. The maximum Gasteiger partial charge on any atom is 0.323 e. The summed E-state index contributed by atoms with van der Waals surface area (Å²) in [7, 11) is 0. The van der Waals surface area contributed by atoms with Crippen LogP contribution in [-0.4, -0.2) is 9.97 Å². The standard InChI is InChI=1S/C12H10BrN3O2/c13-8-3-10-11(16-12(17)15-10)4-9(8)14-5-7-1-2-18-6-7/h1-4,6,14H,5H2,(H2,15,16,17). The zero-order valence-corrected chi connectivity index (χ0v) is 10.9. The molecule has 0 amide bonds. The molecule has 0 aliphatic heterocycles. The van der Waals surface area contributed by atoms with Crippen LogP contribution in [0.5, 0.6) is 0 Å². The van der Waals surface area contributed by atoms with Crippen LogP contribution in [0, 0.1) is 0 Å². The molecule has 0 saturated heterocycles. The fourth-order valence-electron chi connectivity index (χ4n) is 1.78. The molecule has 0 aliphatic carbocycles. The fourth-order valence-corrected chi connectivity index (χ4v) is 2.27. The molecule has 0 saturated carbocycles. The average molecular weight is 308 g/mol. The molecule has 2 heterocycles. The third-order valence-corrected chi connectivity index (χ3v) is 3.32. The second kappa shape index (κ2) is 4.38. The molecule has 6 heteroatoms. The van der Waals surface area contributed by atoms with Gasteiger partial charge in [0.1, 0.15) is 0 Å². The van der Waals surface area contributed by atoms with E-state index in [-0.39, 0.29) is 5.69 Å². The van der Waals surface area contributed by atoms with Crippen molar-refractivity contribution >= 4 is 32.7 Å². The molecule has 0 atom stereocenters. The number of fused-ring (bicyclic) bond motifs is 1. The second-order valence-corrected chi connectivity index (χ2v) is 4.80. The Morgan fingerprint density at radius 3 is 2.78 bits per heavy atom. The lowest BCUT2D eigenvalue weighted by Crippen LogP contribution is -1.99. The molecule has 0 spiro atoms. The number of halogens is 1. The van der Waals surface area contributed by atoms with Gasteiger partial charge in [0.15, 0.2) is 0 Å². The number of aromatic amines is 2. The number of rotatable bonds is 3. The first-order chi connectivity index (χ1) is 8.72. The number of furan rings is 1. The maximum atomic E-state index is 11.2. The number of aromatic nitrogens is 2. The molecule has 1 aromatic carbocycles. The van der Waals surface area contributed by atoms with Crippen molar-refractivity contribution in [1.29, 1.82) is 0 Å². The van der Waals surface area contributed by atoms with Crippen molar-refractivity contribution in [3.05, 3.63) is 51.2 Å². The van der Waals surface area contributed by atoms with Crippen LogP contribution in [0.15, 0.2) is 44.4 Å². The molecule has 2 aromatic heterocycles. The second-order valence-electron chi connectivity index (χ2n) is 3.94. The summed E-state index contributed by atoms with van der Waals surface area (Å²) in [6, 6.07) is 5.65. The largest absolute Gasteiger partial charge is 0.472 e. The molecule has 5 nitrogen and oxygen atoms in total. The molecule has 0 radical (unpaired) electrons. The minimum absolute atomic E-state index is 0.205. The van der Waals surface area contributed by atoms with Gasteiger partial charge in [0, 0.05) is 16.6 Å². The van der Waals surface area contributed by atoms with Gasteiger partial charge in [-0.05, 0) is 34.1 Å². The van der Waals surface area contributed by atoms with E-state index in [2.05, 4.69) is 31.2 Å². The van der Waals surface area contributed by atoms with Crippen LogP contribution in [-0.2, 0) is 6.54 Å². The van der Waals surface area contributed by atoms with Crippen molar-refractivity contribution in [3.63, 3.8) is 0 Å². The third-order valence-electron chi connectivity index (χ3n) is 2.67. The summed E-state index contributed by atoms with van der Waals surface area (Å²) < 4.78 is 5.90. The molecule has 18 heavy (non-hydrogen) atoms. The summed E-state index contributed by atoms with van der Waals surface area (Å²) in [6.45, 7) is 0.662. The van der Waals surface area contributed by atoms with Gasteiger partial charge in [-0.2, -0.15) is 0 Å². The van der Waals surface area contributed by atoms with Crippen molar-refractivity contribution < 1.29 is 4.42 Å². The monoisotopic (exact) mass is 307 g/mol. The lowest BCUT2D eigenvalue weighted by molar-refractivity contribution is 0.564. The van der Waals surface area contributed by atoms with Crippen LogP contribution in [0.2, 0.25) is 0 Å². The molecular weight excluding hydrogens is 298 g/mol. The molecule has 0 aliphatic rings. The van der Waals surface area contributed by atoms with E-state index in [1.54, 1.807) is 12.5 Å². The van der Waals surface area contributed by atoms with E-state index in [1.807, 2.05) is 18.2 Å². The number of H-pyrrole nitrogens is 2.